The van der Waals surface area contributed by atoms with E-state index in [0.29, 0.717) is 0 Å². The summed E-state index contributed by atoms with van der Waals surface area (Å²) in [4.78, 5) is 0. The number of benzene rings is 1. The highest BCUT2D eigenvalue weighted by atomic mass is 32.2. The molecule has 0 radical (unpaired) electrons. The van der Waals surface area contributed by atoms with Crippen LogP contribution in [0.4, 0.5) is 13.2 Å². The molecule has 0 N–H and O–H groups in total. The third-order valence-electron chi connectivity index (χ3n) is 3.48. The van der Waals surface area contributed by atoms with E-state index in [1.54, 1.807) is 0 Å². The van der Waals surface area contributed by atoms with Crippen LogP contribution in [0.3, 0.4) is 0 Å². The van der Waals surface area contributed by atoms with Crippen LogP contribution in [0.1, 0.15) is 12.0 Å². The van der Waals surface area contributed by atoms with Gasteiger partial charge >= 0.3 is 5.51 Å². The topological polar surface area (TPSA) is 81.0 Å². The van der Waals surface area contributed by atoms with Gasteiger partial charge < -0.3 is 9.04 Å². The van der Waals surface area contributed by atoms with Crippen molar-refractivity contribution in [1.82, 2.24) is 0 Å². The minimum atomic E-state index is -6.09. The monoisotopic (exact) mass is 336 g/mol. The summed E-state index contributed by atoms with van der Waals surface area (Å²) in [5, 5.41) is 8.93. The van der Waals surface area contributed by atoms with Crippen LogP contribution in [0, 0.1) is 11.3 Å². The van der Waals surface area contributed by atoms with Crippen LogP contribution in [-0.2, 0) is 16.7 Å². The smallest absolute Gasteiger partial charge is 0.485 e. The summed E-state index contributed by atoms with van der Waals surface area (Å²) >= 11 is 0. The Morgan fingerprint density at radius 2 is 1.86 bits per heavy atom. The Balaban J connectivity index is 0.000000261. The molecule has 5 nitrogen and oxygen atoms in total. The molecule has 1 aromatic carbocycles. The molecule has 0 aliphatic carbocycles. The Hall–Kier alpha value is -1.63. The molecule has 1 aliphatic heterocycles. The first-order valence-corrected chi connectivity index (χ1v) is 7.70. The fourth-order valence-electron chi connectivity index (χ4n) is 2.09. The van der Waals surface area contributed by atoms with E-state index in [0.717, 1.165) is 24.0 Å². The summed E-state index contributed by atoms with van der Waals surface area (Å²) in [5.41, 5.74) is -4.32. The van der Waals surface area contributed by atoms with Gasteiger partial charge in [-0.25, -0.2) is 8.42 Å². The summed E-state index contributed by atoms with van der Waals surface area (Å²) in [6, 6.07) is 13.0. The van der Waals surface area contributed by atoms with Crippen LogP contribution >= 0.6 is 0 Å². The minimum Gasteiger partial charge on any atom is -0.741 e. The number of likely N-dealkylation sites (tertiary alicyclic amines) is 1. The fourth-order valence-corrected chi connectivity index (χ4v) is 2.09. The number of halogens is 3. The highest BCUT2D eigenvalue weighted by Gasteiger charge is 2.42. The molecule has 0 spiro atoms. The third-order valence-corrected chi connectivity index (χ3v) is 4.05. The van der Waals surface area contributed by atoms with E-state index in [4.69, 9.17) is 18.2 Å². The summed E-state index contributed by atoms with van der Waals surface area (Å²) in [7, 11) is -3.92. The lowest BCUT2D eigenvalue weighted by Gasteiger charge is -2.46. The number of rotatable bonds is 2. The molecule has 122 valence electrons. The highest BCUT2D eigenvalue weighted by molar-refractivity contribution is 7.86. The van der Waals surface area contributed by atoms with Gasteiger partial charge in [-0.05, 0) is 0 Å². The Bertz CT molecular complexity index is 641. The maximum Gasteiger partial charge on any atom is 0.485 e. The van der Waals surface area contributed by atoms with E-state index >= 15 is 0 Å². The molecule has 1 fully saturated rings. The first-order chi connectivity index (χ1) is 9.99. The summed E-state index contributed by atoms with van der Waals surface area (Å²) in [6.07, 6.45) is 1.06. The Kier molecular flexibility index (Phi) is 5.56. The number of hydrogen-bond donors (Lipinski definition) is 0. The van der Waals surface area contributed by atoms with Crippen LogP contribution in [0.5, 0.6) is 0 Å². The van der Waals surface area contributed by atoms with E-state index in [2.05, 4.69) is 37.4 Å². The molecule has 0 bridgehead atoms. The van der Waals surface area contributed by atoms with Gasteiger partial charge in [-0.1, -0.05) is 30.3 Å². The Labute approximate surface area is 126 Å². The molecule has 2 atom stereocenters. The predicted molar refractivity (Wildman–Crippen MR) is 71.0 cm³/mol. The van der Waals surface area contributed by atoms with Crippen molar-refractivity contribution in [3.8, 4) is 6.07 Å². The van der Waals surface area contributed by atoms with Gasteiger partial charge in [0.25, 0.3) is 0 Å². The van der Waals surface area contributed by atoms with Crippen molar-refractivity contribution < 1.29 is 30.6 Å². The molecule has 0 amide bonds. The van der Waals surface area contributed by atoms with Crippen molar-refractivity contribution >= 4 is 10.1 Å². The number of quaternary nitrogens is 1. The lowest BCUT2D eigenvalue weighted by molar-refractivity contribution is -0.976. The van der Waals surface area contributed by atoms with Gasteiger partial charge in [-0.3, -0.25) is 0 Å². The molecule has 2 rings (SSSR count). The largest absolute Gasteiger partial charge is 0.741 e. The van der Waals surface area contributed by atoms with Gasteiger partial charge in [-0.2, -0.15) is 18.4 Å². The van der Waals surface area contributed by atoms with Gasteiger partial charge in [0.05, 0.1) is 20.0 Å². The van der Waals surface area contributed by atoms with Gasteiger partial charge in [0, 0.05) is 5.56 Å². The van der Waals surface area contributed by atoms with Crippen LogP contribution < -0.4 is 0 Å². The van der Waals surface area contributed by atoms with Gasteiger partial charge in [0.2, 0.25) is 0 Å². The molecule has 1 aliphatic rings. The van der Waals surface area contributed by atoms with Crippen LogP contribution in [0.25, 0.3) is 0 Å². The van der Waals surface area contributed by atoms with E-state index in [9.17, 15) is 13.2 Å². The van der Waals surface area contributed by atoms with Crippen molar-refractivity contribution in [2.45, 2.75) is 24.5 Å². The lowest BCUT2D eigenvalue weighted by atomic mass is 9.98. The van der Waals surface area contributed by atoms with Crippen LogP contribution in [-0.4, -0.2) is 42.6 Å². The van der Waals surface area contributed by atoms with Crippen molar-refractivity contribution in [3.63, 3.8) is 0 Å². The van der Waals surface area contributed by atoms with Gasteiger partial charge in [0.1, 0.15) is 12.6 Å². The predicted octanol–water partition coefficient (Wildman–Crippen LogP) is 1.98. The fraction of sp³-hybridized carbons (Fsp3) is 0.462. The summed E-state index contributed by atoms with van der Waals surface area (Å²) in [5.74, 6) is 0. The molecule has 1 aromatic rings. The second kappa shape index (κ2) is 6.64. The zero-order valence-electron chi connectivity index (χ0n) is 11.7. The quantitative estimate of drug-likeness (QED) is 0.470. The molecule has 0 saturated carbocycles. The molecular weight excluding hydrogens is 321 g/mol. The lowest BCUT2D eigenvalue weighted by Crippen LogP contribution is -2.60. The zero-order valence-corrected chi connectivity index (χ0v) is 12.6. The zero-order chi connectivity index (χ0) is 17.0. The first-order valence-electron chi connectivity index (χ1n) is 6.29. The number of alkyl halides is 3. The molecule has 22 heavy (non-hydrogen) atoms. The molecule has 2 unspecified atom stereocenters. The van der Waals surface area contributed by atoms with Gasteiger partial charge in [0.15, 0.2) is 16.2 Å². The molecule has 0 aromatic heterocycles. The van der Waals surface area contributed by atoms with E-state index in [-0.39, 0.29) is 6.04 Å². The summed E-state index contributed by atoms with van der Waals surface area (Å²) in [6.45, 7) is 2.12. The van der Waals surface area contributed by atoms with Crippen molar-refractivity contribution in [2.24, 2.45) is 0 Å². The number of nitrogens with zero attached hydrogens (tertiary/aromatic N) is 2. The second-order valence-electron chi connectivity index (χ2n) is 5.18. The average Bonchev–Trinajstić information content (AvgIpc) is 2.37. The molecule has 1 saturated heterocycles. The molecule has 1 heterocycles. The minimum absolute atomic E-state index is 0.204. The van der Waals surface area contributed by atoms with Crippen LogP contribution in [0.15, 0.2) is 30.3 Å². The third kappa shape index (κ3) is 4.69. The maximum atomic E-state index is 10.7. The summed E-state index contributed by atoms with van der Waals surface area (Å²) < 4.78 is 59.8. The second-order valence-corrected chi connectivity index (χ2v) is 6.55. The number of nitriles is 1. The normalized spacial score (nSPS) is 24.5. The number of hydrogen-bond acceptors (Lipinski definition) is 4. The van der Waals surface area contributed by atoms with Crippen molar-refractivity contribution in [3.05, 3.63) is 35.9 Å². The van der Waals surface area contributed by atoms with Crippen molar-refractivity contribution in [1.29, 1.82) is 5.26 Å². The Morgan fingerprint density at radius 1 is 1.36 bits per heavy atom. The Morgan fingerprint density at radius 3 is 2.18 bits per heavy atom. The van der Waals surface area contributed by atoms with Crippen LogP contribution in [0.2, 0.25) is 0 Å². The first kappa shape index (κ1) is 18.4. The van der Waals surface area contributed by atoms with Gasteiger partial charge in [-0.15, -0.1) is 0 Å². The molecule has 9 heteroatoms. The molecular formula is C13H15F3N2O3S. The highest BCUT2D eigenvalue weighted by Crippen LogP contribution is 2.28. The van der Waals surface area contributed by atoms with E-state index in [1.807, 2.05) is 6.07 Å². The SMILES string of the molecule is C[N+]1(Cc2ccccc2)CCC1C#N.O=S(=O)([O-])C(F)(F)F. The van der Waals surface area contributed by atoms with E-state index < -0.39 is 15.6 Å². The van der Waals surface area contributed by atoms with Crippen molar-refractivity contribution in [2.75, 3.05) is 13.6 Å². The maximum absolute atomic E-state index is 10.7. The van der Waals surface area contributed by atoms with E-state index in [1.165, 1.54) is 5.56 Å². The average molecular weight is 336 g/mol. The standard InChI is InChI=1S/C12H15N2.CHF3O3S/c1-14(8-7-12(14)9-13)10-11-5-3-2-4-6-11;2-1(3,4)8(5,6)7/h2-6,12H,7-8,10H2,1H3;(H,5,6,7)/q+1;/p-1.